The Morgan fingerprint density at radius 3 is 2.61 bits per heavy atom. The molecular weight excluding hydrogens is 230 g/mol. The third kappa shape index (κ3) is 7.31. The van der Waals surface area contributed by atoms with E-state index < -0.39 is 0 Å². The lowest BCUT2D eigenvalue weighted by atomic mass is 10.2. The minimum absolute atomic E-state index is 0.277. The number of hydrogen-bond donors (Lipinski definition) is 1. The van der Waals surface area contributed by atoms with Crippen molar-refractivity contribution < 1.29 is 14.2 Å². The van der Waals surface area contributed by atoms with Gasteiger partial charge < -0.3 is 19.5 Å². The normalized spacial score (nSPS) is 24.0. The van der Waals surface area contributed by atoms with Gasteiger partial charge in [0.2, 0.25) is 0 Å². The second kappa shape index (κ2) is 9.73. The van der Waals surface area contributed by atoms with Crippen molar-refractivity contribution in [2.45, 2.75) is 45.8 Å². The van der Waals surface area contributed by atoms with Gasteiger partial charge in [-0.3, -0.25) is 0 Å². The van der Waals surface area contributed by atoms with Gasteiger partial charge in [-0.05, 0) is 25.3 Å². The van der Waals surface area contributed by atoms with Gasteiger partial charge in [-0.25, -0.2) is 0 Å². The van der Waals surface area contributed by atoms with Crippen molar-refractivity contribution in [3.8, 4) is 0 Å². The molecule has 0 spiro atoms. The van der Waals surface area contributed by atoms with Gasteiger partial charge in [0.15, 0.2) is 0 Å². The predicted molar refractivity (Wildman–Crippen MR) is 72.9 cm³/mol. The van der Waals surface area contributed by atoms with E-state index in [1.165, 1.54) is 0 Å². The number of hydrogen-bond acceptors (Lipinski definition) is 4. The van der Waals surface area contributed by atoms with E-state index >= 15 is 0 Å². The molecule has 1 N–H and O–H groups in total. The summed E-state index contributed by atoms with van der Waals surface area (Å²) >= 11 is 0. The first-order chi connectivity index (χ1) is 8.72. The van der Waals surface area contributed by atoms with Crippen molar-refractivity contribution in [3.05, 3.63) is 0 Å². The topological polar surface area (TPSA) is 39.7 Å². The third-order valence-electron chi connectivity index (χ3n) is 2.94. The maximum absolute atomic E-state index is 5.88. The van der Waals surface area contributed by atoms with Gasteiger partial charge in [0, 0.05) is 13.2 Å². The van der Waals surface area contributed by atoms with Gasteiger partial charge in [0.25, 0.3) is 0 Å². The molecule has 4 nitrogen and oxygen atoms in total. The standard InChI is InChI=1S/C14H29NO3/c1-4-15-9-13-5-6-14(18-13)11-17-8-7-16-10-12(2)3/h12-15H,4-11H2,1-3H3. The summed E-state index contributed by atoms with van der Waals surface area (Å²) in [5.74, 6) is 0.593. The molecule has 0 saturated carbocycles. The highest BCUT2D eigenvalue weighted by molar-refractivity contribution is 4.74. The lowest BCUT2D eigenvalue weighted by Gasteiger charge is -2.14. The molecule has 1 aliphatic rings. The minimum Gasteiger partial charge on any atom is -0.379 e. The second-order valence-corrected chi connectivity index (χ2v) is 5.31. The van der Waals surface area contributed by atoms with Crippen molar-refractivity contribution in [1.82, 2.24) is 5.32 Å². The zero-order valence-corrected chi connectivity index (χ0v) is 12.1. The summed E-state index contributed by atoms with van der Waals surface area (Å²) < 4.78 is 16.9. The zero-order valence-electron chi connectivity index (χ0n) is 12.1. The van der Waals surface area contributed by atoms with Crippen molar-refractivity contribution in [1.29, 1.82) is 0 Å². The van der Waals surface area contributed by atoms with Crippen molar-refractivity contribution in [3.63, 3.8) is 0 Å². The van der Waals surface area contributed by atoms with E-state index in [-0.39, 0.29) is 6.10 Å². The van der Waals surface area contributed by atoms with E-state index in [0.717, 1.165) is 32.5 Å². The van der Waals surface area contributed by atoms with Crippen LogP contribution in [0.4, 0.5) is 0 Å². The molecule has 0 aliphatic carbocycles. The average molecular weight is 259 g/mol. The molecule has 1 saturated heterocycles. The molecule has 18 heavy (non-hydrogen) atoms. The van der Waals surface area contributed by atoms with Crippen LogP contribution in [0, 0.1) is 5.92 Å². The van der Waals surface area contributed by atoms with Crippen LogP contribution in [0.1, 0.15) is 33.6 Å². The van der Waals surface area contributed by atoms with E-state index in [0.29, 0.717) is 31.8 Å². The van der Waals surface area contributed by atoms with Gasteiger partial charge in [0.1, 0.15) is 0 Å². The molecule has 1 aliphatic heterocycles. The van der Waals surface area contributed by atoms with Gasteiger partial charge in [-0.1, -0.05) is 20.8 Å². The van der Waals surface area contributed by atoms with Crippen LogP contribution < -0.4 is 5.32 Å². The van der Waals surface area contributed by atoms with Crippen LogP contribution in [0.25, 0.3) is 0 Å². The van der Waals surface area contributed by atoms with Crippen LogP contribution in [0.15, 0.2) is 0 Å². The summed E-state index contributed by atoms with van der Waals surface area (Å²) in [6, 6.07) is 0. The Balaban J connectivity index is 1.91. The molecule has 0 radical (unpaired) electrons. The number of ether oxygens (including phenoxy) is 3. The molecule has 2 atom stereocenters. The Hall–Kier alpha value is -0.160. The molecule has 2 unspecified atom stereocenters. The zero-order chi connectivity index (χ0) is 13.2. The lowest BCUT2D eigenvalue weighted by molar-refractivity contribution is -0.0301. The van der Waals surface area contributed by atoms with Crippen LogP contribution in [-0.4, -0.2) is 51.7 Å². The molecule has 0 bridgehead atoms. The smallest absolute Gasteiger partial charge is 0.0813 e. The molecule has 1 fully saturated rings. The highest BCUT2D eigenvalue weighted by Crippen LogP contribution is 2.19. The monoisotopic (exact) mass is 259 g/mol. The summed E-state index contributed by atoms with van der Waals surface area (Å²) in [5.41, 5.74) is 0. The number of likely N-dealkylation sites (N-methyl/N-ethyl adjacent to an activating group) is 1. The van der Waals surface area contributed by atoms with Gasteiger partial charge in [-0.15, -0.1) is 0 Å². The van der Waals surface area contributed by atoms with Gasteiger partial charge in [0.05, 0.1) is 32.0 Å². The third-order valence-corrected chi connectivity index (χ3v) is 2.94. The minimum atomic E-state index is 0.277. The lowest BCUT2D eigenvalue weighted by Crippen LogP contribution is -2.27. The van der Waals surface area contributed by atoms with Crippen LogP contribution in [0.2, 0.25) is 0 Å². The number of rotatable bonds is 10. The highest BCUT2D eigenvalue weighted by Gasteiger charge is 2.24. The highest BCUT2D eigenvalue weighted by atomic mass is 16.6. The van der Waals surface area contributed by atoms with E-state index in [1.807, 2.05) is 0 Å². The predicted octanol–water partition coefficient (Wildman–Crippen LogP) is 1.83. The first-order valence-corrected chi connectivity index (χ1v) is 7.24. The fourth-order valence-corrected chi connectivity index (χ4v) is 2.01. The summed E-state index contributed by atoms with van der Waals surface area (Å²) in [6.07, 6.45) is 2.91. The first kappa shape index (κ1) is 15.9. The summed E-state index contributed by atoms with van der Waals surface area (Å²) in [7, 11) is 0. The van der Waals surface area contributed by atoms with Crippen molar-refractivity contribution >= 4 is 0 Å². The Kier molecular flexibility index (Phi) is 8.59. The van der Waals surface area contributed by atoms with Crippen LogP contribution in [0.3, 0.4) is 0 Å². The summed E-state index contributed by atoms with van der Waals surface area (Å²) in [5, 5.41) is 3.32. The summed E-state index contributed by atoms with van der Waals surface area (Å²) in [4.78, 5) is 0. The Morgan fingerprint density at radius 1 is 1.17 bits per heavy atom. The largest absolute Gasteiger partial charge is 0.379 e. The second-order valence-electron chi connectivity index (χ2n) is 5.31. The molecule has 0 aromatic heterocycles. The molecular formula is C14H29NO3. The number of nitrogens with one attached hydrogen (secondary N) is 1. The molecule has 0 aromatic rings. The Labute approximate surface area is 111 Å². The van der Waals surface area contributed by atoms with Crippen LogP contribution >= 0.6 is 0 Å². The molecule has 0 aromatic carbocycles. The summed E-state index contributed by atoms with van der Waals surface area (Å²) in [6.45, 7) is 11.3. The van der Waals surface area contributed by atoms with E-state index in [4.69, 9.17) is 14.2 Å². The first-order valence-electron chi connectivity index (χ1n) is 7.24. The van der Waals surface area contributed by atoms with Crippen LogP contribution in [-0.2, 0) is 14.2 Å². The molecule has 1 heterocycles. The Bertz CT molecular complexity index is 199. The van der Waals surface area contributed by atoms with Gasteiger partial charge in [-0.2, -0.15) is 0 Å². The average Bonchev–Trinajstić information content (AvgIpc) is 2.78. The maximum atomic E-state index is 5.88. The quantitative estimate of drug-likeness (QED) is 0.608. The molecule has 4 heteroatoms. The van der Waals surface area contributed by atoms with E-state index in [2.05, 4.69) is 26.1 Å². The van der Waals surface area contributed by atoms with Gasteiger partial charge >= 0.3 is 0 Å². The van der Waals surface area contributed by atoms with Crippen LogP contribution in [0.5, 0.6) is 0 Å². The molecule has 108 valence electrons. The SMILES string of the molecule is CCNCC1CCC(COCCOCC(C)C)O1. The Morgan fingerprint density at radius 2 is 1.89 bits per heavy atom. The fourth-order valence-electron chi connectivity index (χ4n) is 2.01. The fraction of sp³-hybridized carbons (Fsp3) is 1.00. The molecule has 0 amide bonds. The molecule has 1 rings (SSSR count). The van der Waals surface area contributed by atoms with E-state index in [9.17, 15) is 0 Å². The van der Waals surface area contributed by atoms with E-state index in [1.54, 1.807) is 0 Å². The van der Waals surface area contributed by atoms with Crippen molar-refractivity contribution in [2.75, 3.05) is 39.5 Å². The van der Waals surface area contributed by atoms with Crippen molar-refractivity contribution in [2.24, 2.45) is 5.92 Å². The maximum Gasteiger partial charge on any atom is 0.0813 e.